The van der Waals surface area contributed by atoms with Gasteiger partial charge in [-0.2, -0.15) is 0 Å². The highest BCUT2D eigenvalue weighted by atomic mass is 35.5. The molecule has 0 spiro atoms. The van der Waals surface area contributed by atoms with Crippen LogP contribution in [0.1, 0.15) is 6.92 Å². The Kier molecular flexibility index (Phi) is 4.05. The predicted molar refractivity (Wildman–Crippen MR) is 58.8 cm³/mol. The van der Waals surface area contributed by atoms with Crippen molar-refractivity contribution in [2.45, 2.75) is 6.92 Å². The third-order valence-electron chi connectivity index (χ3n) is 1.54. The van der Waals surface area contributed by atoms with Gasteiger partial charge in [-0.3, -0.25) is 5.32 Å². The molecular weight excluding hydrogens is 241 g/mol. The Bertz CT molecular complexity index is 359. The molecule has 0 aromatic heterocycles. The molecule has 1 rings (SSSR count). The van der Waals surface area contributed by atoms with E-state index in [2.05, 4.69) is 10.1 Å². The van der Waals surface area contributed by atoms with Gasteiger partial charge in [0.1, 0.15) is 11.4 Å². The van der Waals surface area contributed by atoms with Crippen molar-refractivity contribution >= 4 is 35.0 Å². The number of rotatable bonds is 2. The minimum absolute atomic E-state index is 0.0829. The van der Waals surface area contributed by atoms with E-state index in [1.165, 1.54) is 12.1 Å². The summed E-state index contributed by atoms with van der Waals surface area (Å²) in [5.41, 5.74) is 0.0829. The van der Waals surface area contributed by atoms with Gasteiger partial charge in [0.15, 0.2) is 0 Å². The van der Waals surface area contributed by atoms with Crippen LogP contribution < -0.4 is 5.32 Å². The first kappa shape index (κ1) is 11.9. The zero-order chi connectivity index (χ0) is 11.4. The van der Waals surface area contributed by atoms with Gasteiger partial charge in [0.2, 0.25) is 0 Å². The fraction of sp³-hybridized carbons (Fsp3) is 0.222. The average Bonchev–Trinajstić information content (AvgIpc) is 2.11. The van der Waals surface area contributed by atoms with Gasteiger partial charge in [-0.05, 0) is 13.0 Å². The Morgan fingerprint density at radius 2 is 2.20 bits per heavy atom. The van der Waals surface area contributed by atoms with Crippen LogP contribution in [0.5, 0.6) is 5.75 Å². The molecule has 2 N–H and O–H groups in total. The van der Waals surface area contributed by atoms with Crippen LogP contribution in [0.4, 0.5) is 10.5 Å². The topological polar surface area (TPSA) is 58.6 Å². The summed E-state index contributed by atoms with van der Waals surface area (Å²) in [6.45, 7) is 1.90. The molecule has 0 bridgehead atoms. The lowest BCUT2D eigenvalue weighted by molar-refractivity contribution is 0.168. The number of carbonyl (C=O) groups is 1. The van der Waals surface area contributed by atoms with Crippen LogP contribution in [0.3, 0.4) is 0 Å². The summed E-state index contributed by atoms with van der Waals surface area (Å²) in [7, 11) is 0. The van der Waals surface area contributed by atoms with Gasteiger partial charge >= 0.3 is 6.09 Å². The Labute approximate surface area is 96.8 Å². The van der Waals surface area contributed by atoms with Gasteiger partial charge in [0.05, 0.1) is 11.6 Å². The lowest BCUT2D eigenvalue weighted by atomic mass is 10.3. The molecule has 0 fully saturated rings. The molecule has 0 aliphatic carbocycles. The van der Waals surface area contributed by atoms with E-state index in [1.807, 2.05) is 0 Å². The number of phenolic OH excluding ortho intramolecular Hbond substituents is 1. The largest absolute Gasteiger partial charge is 0.506 e. The van der Waals surface area contributed by atoms with Crippen molar-refractivity contribution in [1.29, 1.82) is 0 Å². The molecule has 0 heterocycles. The zero-order valence-corrected chi connectivity index (χ0v) is 9.39. The van der Waals surface area contributed by atoms with E-state index in [-0.39, 0.29) is 28.1 Å². The first-order valence-electron chi connectivity index (χ1n) is 4.16. The van der Waals surface area contributed by atoms with Crippen molar-refractivity contribution in [1.82, 2.24) is 0 Å². The number of ether oxygens (including phenoxy) is 1. The number of anilines is 1. The summed E-state index contributed by atoms with van der Waals surface area (Å²) in [5.74, 6) is -0.208. The normalized spacial score (nSPS) is 9.80. The highest BCUT2D eigenvalue weighted by Gasteiger charge is 2.11. The molecule has 6 heteroatoms. The minimum Gasteiger partial charge on any atom is -0.506 e. The van der Waals surface area contributed by atoms with Crippen LogP contribution in [0.2, 0.25) is 10.0 Å². The first-order valence-corrected chi connectivity index (χ1v) is 4.92. The number of hydrogen-bond donors (Lipinski definition) is 2. The number of hydrogen-bond acceptors (Lipinski definition) is 3. The molecule has 0 aliphatic rings. The number of nitrogens with one attached hydrogen (secondary N) is 1. The molecule has 1 aromatic rings. The van der Waals surface area contributed by atoms with Crippen LogP contribution in [-0.4, -0.2) is 17.8 Å². The van der Waals surface area contributed by atoms with Crippen LogP contribution in [-0.2, 0) is 4.74 Å². The molecule has 0 atom stereocenters. The van der Waals surface area contributed by atoms with E-state index in [0.717, 1.165) is 0 Å². The maximum absolute atomic E-state index is 11.1. The lowest BCUT2D eigenvalue weighted by Gasteiger charge is -2.09. The molecule has 82 valence electrons. The molecule has 0 radical (unpaired) electrons. The number of halogens is 2. The maximum Gasteiger partial charge on any atom is 0.411 e. The summed E-state index contributed by atoms with van der Waals surface area (Å²) in [4.78, 5) is 11.1. The second kappa shape index (κ2) is 5.09. The fourth-order valence-corrected chi connectivity index (χ4v) is 1.48. The van der Waals surface area contributed by atoms with Gasteiger partial charge in [-0.25, -0.2) is 4.79 Å². The van der Waals surface area contributed by atoms with Gasteiger partial charge in [0.25, 0.3) is 0 Å². The van der Waals surface area contributed by atoms with Gasteiger partial charge < -0.3 is 9.84 Å². The predicted octanol–water partition coefficient (Wildman–Crippen LogP) is 3.27. The summed E-state index contributed by atoms with van der Waals surface area (Å²) >= 11 is 11.4. The van der Waals surface area contributed by atoms with E-state index in [0.29, 0.717) is 0 Å². The summed E-state index contributed by atoms with van der Waals surface area (Å²) < 4.78 is 4.63. The maximum atomic E-state index is 11.1. The smallest absolute Gasteiger partial charge is 0.411 e. The zero-order valence-electron chi connectivity index (χ0n) is 7.88. The van der Waals surface area contributed by atoms with E-state index in [4.69, 9.17) is 23.2 Å². The van der Waals surface area contributed by atoms with Crippen molar-refractivity contribution in [2.24, 2.45) is 0 Å². The standard InChI is InChI=1S/C9H9Cl2NO3/c1-2-15-9(14)12-8-6(11)3-5(10)4-7(8)13/h3-4,13H,2H2,1H3,(H,12,14). The Balaban J connectivity index is 2.90. The Hall–Kier alpha value is -1.13. The molecule has 0 saturated heterocycles. The first-order chi connectivity index (χ1) is 7.04. The van der Waals surface area contributed by atoms with E-state index in [9.17, 15) is 9.90 Å². The second-order valence-electron chi connectivity index (χ2n) is 2.63. The lowest BCUT2D eigenvalue weighted by Crippen LogP contribution is -2.13. The van der Waals surface area contributed by atoms with Crippen LogP contribution >= 0.6 is 23.2 Å². The van der Waals surface area contributed by atoms with Crippen LogP contribution in [0.25, 0.3) is 0 Å². The molecule has 1 aromatic carbocycles. The van der Waals surface area contributed by atoms with Gasteiger partial charge in [-0.1, -0.05) is 23.2 Å². The van der Waals surface area contributed by atoms with Gasteiger partial charge in [0, 0.05) is 11.1 Å². The van der Waals surface area contributed by atoms with E-state index >= 15 is 0 Å². The van der Waals surface area contributed by atoms with Crippen molar-refractivity contribution in [3.8, 4) is 5.75 Å². The molecule has 1 amide bonds. The van der Waals surface area contributed by atoms with Crippen molar-refractivity contribution in [3.63, 3.8) is 0 Å². The third-order valence-corrected chi connectivity index (χ3v) is 2.05. The van der Waals surface area contributed by atoms with Crippen LogP contribution in [0.15, 0.2) is 12.1 Å². The number of benzene rings is 1. The summed E-state index contributed by atoms with van der Waals surface area (Å²) in [5, 5.41) is 12.2. The number of carbonyl (C=O) groups excluding carboxylic acids is 1. The molecule has 0 aliphatic heterocycles. The number of amides is 1. The minimum atomic E-state index is -0.683. The molecule has 15 heavy (non-hydrogen) atoms. The summed E-state index contributed by atoms with van der Waals surface area (Å²) in [6.07, 6.45) is -0.683. The fourth-order valence-electron chi connectivity index (χ4n) is 0.953. The molecule has 0 saturated carbocycles. The Morgan fingerprint density at radius 3 is 2.73 bits per heavy atom. The third kappa shape index (κ3) is 3.18. The summed E-state index contributed by atoms with van der Waals surface area (Å²) in [6, 6.07) is 2.68. The van der Waals surface area contributed by atoms with Crippen molar-refractivity contribution in [2.75, 3.05) is 11.9 Å². The highest BCUT2D eigenvalue weighted by molar-refractivity contribution is 6.37. The molecule has 4 nitrogen and oxygen atoms in total. The molecule has 0 unspecified atom stereocenters. The van der Waals surface area contributed by atoms with E-state index < -0.39 is 6.09 Å². The SMILES string of the molecule is CCOC(=O)Nc1c(O)cc(Cl)cc1Cl. The van der Waals surface area contributed by atoms with Gasteiger partial charge in [-0.15, -0.1) is 0 Å². The average molecular weight is 250 g/mol. The van der Waals surface area contributed by atoms with Crippen molar-refractivity contribution < 1.29 is 14.6 Å². The number of phenols is 1. The highest BCUT2D eigenvalue weighted by Crippen LogP contribution is 2.34. The number of aromatic hydroxyl groups is 1. The quantitative estimate of drug-likeness (QED) is 0.792. The monoisotopic (exact) mass is 249 g/mol. The second-order valence-corrected chi connectivity index (χ2v) is 3.47. The molecular formula is C9H9Cl2NO3. The Morgan fingerprint density at radius 1 is 1.53 bits per heavy atom. The van der Waals surface area contributed by atoms with Crippen molar-refractivity contribution in [3.05, 3.63) is 22.2 Å². The van der Waals surface area contributed by atoms with E-state index in [1.54, 1.807) is 6.92 Å². The van der Waals surface area contributed by atoms with Crippen LogP contribution in [0, 0.1) is 0 Å².